The van der Waals surface area contributed by atoms with Crippen LogP contribution in [0.1, 0.15) is 50.1 Å². The number of piperazine rings is 1. The number of nitrogens with zero attached hydrogens (tertiary/aromatic N) is 5. The number of pyridine rings is 1. The predicted octanol–water partition coefficient (Wildman–Crippen LogP) is 3.22. The molecule has 0 bridgehead atoms. The van der Waals surface area contributed by atoms with Crippen molar-refractivity contribution in [3.8, 4) is 6.07 Å². The highest BCUT2D eigenvalue weighted by Crippen LogP contribution is 2.36. The molecule has 0 unspecified atom stereocenters. The van der Waals surface area contributed by atoms with Gasteiger partial charge in [-0.15, -0.1) is 11.3 Å². The van der Waals surface area contributed by atoms with Crippen LogP contribution >= 0.6 is 11.3 Å². The number of hydrogen-bond donors (Lipinski definition) is 1. The lowest BCUT2D eigenvalue weighted by atomic mass is 9.86. The summed E-state index contributed by atoms with van der Waals surface area (Å²) in [5.41, 5.74) is 3.63. The fraction of sp³-hybridized carbons (Fsp3) is 0.583. The van der Waals surface area contributed by atoms with Crippen molar-refractivity contribution in [2.45, 2.75) is 52.7 Å². The first-order valence-corrected chi connectivity index (χ1v) is 12.4. The fourth-order valence-corrected chi connectivity index (χ4v) is 5.03. The summed E-state index contributed by atoms with van der Waals surface area (Å²) in [4.78, 5) is 25.8. The van der Waals surface area contributed by atoms with Crippen LogP contribution in [-0.2, 0) is 29.0 Å². The van der Waals surface area contributed by atoms with Crippen LogP contribution in [0.5, 0.6) is 0 Å². The minimum absolute atomic E-state index is 0.0514. The number of thiazole rings is 1. The van der Waals surface area contributed by atoms with Crippen LogP contribution in [0.15, 0.2) is 11.6 Å². The predicted molar refractivity (Wildman–Crippen MR) is 129 cm³/mol. The number of nitrogens with one attached hydrogen (secondary N) is 1. The Morgan fingerprint density at radius 3 is 2.70 bits per heavy atom. The summed E-state index contributed by atoms with van der Waals surface area (Å²) >= 11 is 1.41. The Bertz CT molecular complexity index is 1040. The summed E-state index contributed by atoms with van der Waals surface area (Å²) in [5.74, 6) is 1.20. The molecule has 0 saturated carbocycles. The monoisotopic (exact) mass is 468 g/mol. The van der Waals surface area contributed by atoms with E-state index >= 15 is 0 Å². The molecule has 0 spiro atoms. The van der Waals surface area contributed by atoms with E-state index in [2.05, 4.69) is 53.9 Å². The van der Waals surface area contributed by atoms with Gasteiger partial charge >= 0.3 is 0 Å². The summed E-state index contributed by atoms with van der Waals surface area (Å²) in [6.45, 7) is 12.3. The molecule has 0 atom stereocenters. The Morgan fingerprint density at radius 1 is 1.30 bits per heavy atom. The van der Waals surface area contributed by atoms with Crippen LogP contribution in [0, 0.1) is 17.2 Å². The number of hydrogen-bond acceptors (Lipinski definition) is 8. The maximum Gasteiger partial charge on any atom is 0.240 e. The van der Waals surface area contributed by atoms with E-state index in [-0.39, 0.29) is 11.5 Å². The van der Waals surface area contributed by atoms with Crippen molar-refractivity contribution < 1.29 is 9.53 Å². The van der Waals surface area contributed by atoms with Crippen molar-refractivity contribution in [1.82, 2.24) is 14.9 Å². The van der Waals surface area contributed by atoms with Crippen LogP contribution in [0.25, 0.3) is 0 Å². The maximum absolute atomic E-state index is 12.3. The van der Waals surface area contributed by atoms with Crippen molar-refractivity contribution >= 4 is 28.2 Å². The van der Waals surface area contributed by atoms with Crippen LogP contribution in [0.3, 0.4) is 0 Å². The first-order chi connectivity index (χ1) is 15.8. The number of carbonyl (C=O) groups is 1. The van der Waals surface area contributed by atoms with Gasteiger partial charge in [-0.3, -0.25) is 9.69 Å². The van der Waals surface area contributed by atoms with Crippen molar-refractivity contribution in [3.63, 3.8) is 0 Å². The standard InChI is InChI=1S/C24H32N6O2S/c1-16(2)11-20-19-15-32-24(3,4)12-17(19)18(13-25)22(27-20)30-8-6-29(7-9-30)14-21(31)28-23-26-5-10-33-23/h5,10,16H,6-9,11-12,14-15H2,1-4H3,(H,26,28,31). The second kappa shape index (κ2) is 9.75. The van der Waals surface area contributed by atoms with E-state index in [0.29, 0.717) is 36.2 Å². The molecule has 1 fully saturated rings. The van der Waals surface area contributed by atoms with Gasteiger partial charge in [0.15, 0.2) is 5.13 Å². The van der Waals surface area contributed by atoms with E-state index < -0.39 is 0 Å². The normalized spacial score (nSPS) is 18.1. The highest BCUT2D eigenvalue weighted by molar-refractivity contribution is 7.13. The molecule has 2 aromatic heterocycles. The molecule has 2 aliphatic heterocycles. The highest BCUT2D eigenvalue weighted by Gasteiger charge is 2.33. The van der Waals surface area contributed by atoms with Crippen molar-refractivity contribution in [2.24, 2.45) is 5.92 Å². The summed E-state index contributed by atoms with van der Waals surface area (Å²) in [6, 6.07) is 2.46. The summed E-state index contributed by atoms with van der Waals surface area (Å²) in [5, 5.41) is 15.4. The van der Waals surface area contributed by atoms with Gasteiger partial charge < -0.3 is 15.0 Å². The van der Waals surface area contributed by atoms with Gasteiger partial charge in [-0.1, -0.05) is 13.8 Å². The molecule has 33 heavy (non-hydrogen) atoms. The van der Waals surface area contributed by atoms with Crippen molar-refractivity contribution in [3.05, 3.63) is 34.0 Å². The lowest BCUT2D eigenvalue weighted by Crippen LogP contribution is -2.49. The number of fused-ring (bicyclic) bond motifs is 1. The van der Waals surface area contributed by atoms with Crippen LogP contribution in [0.2, 0.25) is 0 Å². The van der Waals surface area contributed by atoms with Gasteiger partial charge in [0, 0.05) is 55.4 Å². The molecule has 4 heterocycles. The molecule has 1 saturated heterocycles. The first-order valence-electron chi connectivity index (χ1n) is 11.5. The van der Waals surface area contributed by atoms with E-state index in [1.165, 1.54) is 11.3 Å². The maximum atomic E-state index is 12.3. The minimum atomic E-state index is -0.296. The lowest BCUT2D eigenvalue weighted by molar-refractivity contribution is -0.117. The molecule has 4 rings (SSSR count). The highest BCUT2D eigenvalue weighted by atomic mass is 32.1. The molecule has 0 aliphatic carbocycles. The van der Waals surface area contributed by atoms with Crippen LogP contribution < -0.4 is 10.2 Å². The Morgan fingerprint density at radius 2 is 2.06 bits per heavy atom. The zero-order chi connectivity index (χ0) is 23.6. The third-order valence-corrected chi connectivity index (χ3v) is 6.81. The Balaban J connectivity index is 1.52. The second-order valence-electron chi connectivity index (χ2n) is 9.80. The molecule has 2 aliphatic rings. The zero-order valence-electron chi connectivity index (χ0n) is 19.8. The van der Waals surface area contributed by atoms with Gasteiger partial charge in [0.05, 0.1) is 24.3 Å². The van der Waals surface area contributed by atoms with E-state index in [4.69, 9.17) is 9.72 Å². The summed E-state index contributed by atoms with van der Waals surface area (Å²) < 4.78 is 6.08. The number of nitriles is 1. The molecule has 176 valence electrons. The molecular weight excluding hydrogens is 436 g/mol. The van der Waals surface area contributed by atoms with E-state index in [1.54, 1.807) is 6.20 Å². The van der Waals surface area contributed by atoms with Crippen molar-refractivity contribution in [2.75, 3.05) is 42.9 Å². The molecule has 8 nitrogen and oxygen atoms in total. The first kappa shape index (κ1) is 23.6. The Labute approximate surface area is 199 Å². The average molecular weight is 469 g/mol. The van der Waals surface area contributed by atoms with Crippen LogP contribution in [0.4, 0.5) is 10.9 Å². The zero-order valence-corrected chi connectivity index (χ0v) is 20.7. The molecule has 1 amide bonds. The molecule has 9 heteroatoms. The third kappa shape index (κ3) is 5.52. The fourth-order valence-electron chi connectivity index (χ4n) is 4.49. The van der Waals surface area contributed by atoms with E-state index in [1.807, 2.05) is 5.38 Å². The molecule has 1 N–H and O–H groups in total. The molecular formula is C24H32N6O2S. The second-order valence-corrected chi connectivity index (χ2v) is 10.7. The number of amides is 1. The van der Waals surface area contributed by atoms with Gasteiger partial charge in [-0.05, 0) is 31.7 Å². The van der Waals surface area contributed by atoms with E-state index in [9.17, 15) is 10.1 Å². The van der Waals surface area contributed by atoms with E-state index in [0.717, 1.165) is 55.2 Å². The van der Waals surface area contributed by atoms with Gasteiger partial charge in [0.2, 0.25) is 5.91 Å². The largest absolute Gasteiger partial charge is 0.370 e. The smallest absolute Gasteiger partial charge is 0.240 e. The Hall–Kier alpha value is -2.54. The number of anilines is 2. The number of ether oxygens (including phenoxy) is 1. The van der Waals surface area contributed by atoms with Gasteiger partial charge in [-0.25, -0.2) is 9.97 Å². The third-order valence-electron chi connectivity index (χ3n) is 6.12. The SMILES string of the molecule is CC(C)Cc1nc(N2CCN(CC(=O)Nc3nccs3)CC2)c(C#N)c2c1COC(C)(C)C2. The van der Waals surface area contributed by atoms with Gasteiger partial charge in [-0.2, -0.15) is 5.26 Å². The summed E-state index contributed by atoms with van der Waals surface area (Å²) in [6.07, 6.45) is 3.25. The van der Waals surface area contributed by atoms with Crippen molar-refractivity contribution in [1.29, 1.82) is 5.26 Å². The molecule has 2 aromatic rings. The summed E-state index contributed by atoms with van der Waals surface area (Å²) in [7, 11) is 0. The number of carbonyl (C=O) groups excluding carboxylic acids is 1. The lowest BCUT2D eigenvalue weighted by Gasteiger charge is -2.38. The Kier molecular flexibility index (Phi) is 6.98. The number of aromatic nitrogens is 2. The molecule has 0 aromatic carbocycles. The molecule has 0 radical (unpaired) electrons. The number of rotatable bonds is 6. The minimum Gasteiger partial charge on any atom is -0.370 e. The van der Waals surface area contributed by atoms with Gasteiger partial charge in [0.25, 0.3) is 0 Å². The average Bonchev–Trinajstić information content (AvgIpc) is 3.25. The van der Waals surface area contributed by atoms with Crippen LogP contribution in [-0.4, -0.2) is 59.1 Å². The quantitative estimate of drug-likeness (QED) is 0.696. The topological polar surface area (TPSA) is 94.4 Å². The van der Waals surface area contributed by atoms with Gasteiger partial charge in [0.1, 0.15) is 11.9 Å².